The van der Waals surface area contributed by atoms with Crippen molar-refractivity contribution in [3.63, 3.8) is 0 Å². The van der Waals surface area contributed by atoms with E-state index in [9.17, 15) is 47.9 Å². The monoisotopic (exact) mass is 1060 g/mol. The third-order valence-corrected chi connectivity index (χ3v) is 12.9. The van der Waals surface area contributed by atoms with Gasteiger partial charge < -0.3 is 75.4 Å². The number of nitrogens with one attached hydrogen (secondary N) is 11. The van der Waals surface area contributed by atoms with Crippen LogP contribution in [-0.2, 0) is 60.8 Å². The van der Waals surface area contributed by atoms with Crippen LogP contribution in [0.15, 0.2) is 43.0 Å². The number of fused-ring (bicyclic) bond motifs is 1. The minimum absolute atomic E-state index is 0.0508. The summed E-state index contributed by atoms with van der Waals surface area (Å²) in [6, 6.07) is -2.69. The Labute approximate surface area is 441 Å². The molecular formula is C50H78N16O10. The summed E-state index contributed by atoms with van der Waals surface area (Å²) in [5.74, 6) is -10.3. The van der Waals surface area contributed by atoms with Gasteiger partial charge in [0, 0.05) is 54.3 Å². The molecule has 3 aromatic rings. The first kappa shape index (κ1) is 62.2. The van der Waals surface area contributed by atoms with Crippen molar-refractivity contribution in [2.45, 2.75) is 149 Å². The van der Waals surface area contributed by atoms with Crippen LogP contribution in [0.4, 0.5) is 0 Å². The highest BCUT2D eigenvalue weighted by Gasteiger charge is 2.38. The fraction of sp³-hybridized carbons (Fsp3) is 0.560. The van der Waals surface area contributed by atoms with E-state index < -0.39 is 132 Å². The number of primary amides is 3. The zero-order valence-corrected chi connectivity index (χ0v) is 44.3. The maximum absolute atomic E-state index is 14.5. The van der Waals surface area contributed by atoms with Gasteiger partial charge in [-0.1, -0.05) is 79.5 Å². The first-order valence-corrected chi connectivity index (χ1v) is 25.4. The van der Waals surface area contributed by atoms with E-state index in [4.69, 9.17) is 28.3 Å². The lowest BCUT2D eigenvalue weighted by Gasteiger charge is -2.31. The van der Waals surface area contributed by atoms with E-state index in [0.29, 0.717) is 30.5 Å². The number of nitrogens with two attached hydrogens (primary N) is 4. The molecule has 0 aliphatic rings. The molecule has 1 aromatic carbocycles. The van der Waals surface area contributed by atoms with Gasteiger partial charge in [-0.2, -0.15) is 0 Å². The maximum Gasteiger partial charge on any atom is 0.243 e. The number of hydrogen-bond donors (Lipinski definition) is 15. The Morgan fingerprint density at radius 3 is 1.66 bits per heavy atom. The van der Waals surface area contributed by atoms with Crippen molar-refractivity contribution in [1.82, 2.24) is 57.5 Å². The first-order chi connectivity index (χ1) is 35.8. The number of guanidine groups is 1. The second kappa shape index (κ2) is 30.3. The van der Waals surface area contributed by atoms with E-state index in [0.717, 1.165) is 10.9 Å². The van der Waals surface area contributed by atoms with Crippen LogP contribution in [-0.4, -0.2) is 129 Å². The summed E-state index contributed by atoms with van der Waals surface area (Å²) < 4.78 is 0. The number of H-pyrrole nitrogens is 2. The fourth-order valence-corrected chi connectivity index (χ4v) is 8.29. The lowest BCUT2D eigenvalue weighted by molar-refractivity contribution is -0.137. The Hall–Kier alpha value is -8.06. The van der Waals surface area contributed by atoms with Crippen molar-refractivity contribution < 1.29 is 47.9 Å². The number of hydrogen-bond acceptors (Lipinski definition) is 12. The van der Waals surface area contributed by atoms with Gasteiger partial charge in [0.15, 0.2) is 5.96 Å². The molecule has 26 nitrogen and oxygen atoms in total. The molecule has 0 fully saturated rings. The molecule has 0 aliphatic heterocycles. The lowest BCUT2D eigenvalue weighted by Crippen LogP contribution is -2.62. The topological polar surface area (TPSA) is 439 Å². The van der Waals surface area contributed by atoms with Gasteiger partial charge in [0.05, 0.1) is 19.2 Å². The summed E-state index contributed by atoms with van der Waals surface area (Å²) in [5.41, 5.74) is 23.5. The van der Waals surface area contributed by atoms with Crippen molar-refractivity contribution in [1.29, 1.82) is 5.41 Å². The molecule has 0 saturated carbocycles. The normalized spacial score (nSPS) is 15.2. The highest BCUT2D eigenvalue weighted by Crippen LogP contribution is 2.20. The number of carbonyl (C=O) groups excluding carboxylic acids is 10. The van der Waals surface area contributed by atoms with Crippen LogP contribution >= 0.6 is 0 Å². The smallest absolute Gasteiger partial charge is 0.243 e. The molecule has 2 heterocycles. The van der Waals surface area contributed by atoms with Crippen molar-refractivity contribution in [3.05, 3.63) is 54.2 Å². The highest BCUT2D eigenvalue weighted by atomic mass is 16.2. The average Bonchev–Trinajstić information content (AvgIpc) is 4.03. The number of benzene rings is 1. The molecule has 0 unspecified atom stereocenters. The highest BCUT2D eigenvalue weighted by molar-refractivity contribution is 5.99. The number of aromatic nitrogens is 3. The number of carbonyl (C=O) groups is 10. The molecule has 0 radical (unpaired) electrons. The third-order valence-electron chi connectivity index (χ3n) is 12.9. The van der Waals surface area contributed by atoms with Crippen LogP contribution < -0.4 is 65.5 Å². The Kier molecular flexibility index (Phi) is 24.8. The summed E-state index contributed by atoms with van der Waals surface area (Å²) in [6.07, 6.45) is 4.28. The van der Waals surface area contributed by atoms with Crippen molar-refractivity contribution >= 4 is 75.9 Å². The predicted molar refractivity (Wildman–Crippen MR) is 281 cm³/mol. The summed E-state index contributed by atoms with van der Waals surface area (Å²) in [5, 5.41) is 29.2. The second-order valence-corrected chi connectivity index (χ2v) is 19.7. The van der Waals surface area contributed by atoms with Crippen LogP contribution in [0, 0.1) is 29.1 Å². The number of imidazole rings is 1. The summed E-state index contributed by atoms with van der Waals surface area (Å²) in [7, 11) is 0. The van der Waals surface area contributed by atoms with Gasteiger partial charge in [-0.3, -0.25) is 53.4 Å². The third kappa shape index (κ3) is 20.0. The van der Waals surface area contributed by atoms with E-state index in [2.05, 4.69) is 57.5 Å². The minimum atomic E-state index is -1.62. The number of nitrogens with zero attached hydrogens (tertiary/aromatic N) is 1. The molecule has 26 heteroatoms. The second-order valence-electron chi connectivity index (χ2n) is 19.7. The Balaban J connectivity index is 1.94. The molecule has 10 atom stereocenters. The largest absolute Gasteiger partial charge is 0.370 e. The molecule has 10 amide bonds. The van der Waals surface area contributed by atoms with Crippen LogP contribution in [0.25, 0.3) is 10.9 Å². The average molecular weight is 1060 g/mol. The predicted octanol–water partition coefficient (Wildman–Crippen LogP) is -1.66. The SMILES string of the molecule is CC[C@@H](C)[C@@H](NC(=O)[C@@H](CC(N)=O)NC(=O)[C@@H](CCCNC(=N)N)NC(=O)[C@H](C)CC(C)C)C(=O)N[C@@H](C(=O)N[C@H](Cc1cnc[nH]1)C(=O)N[C@H](Cc1c[nH]c2ccccc12)C(=O)N[C@H](CC(N)=O)C(N)=O)[C@H](C)CC. The van der Waals surface area contributed by atoms with Crippen LogP contribution in [0.1, 0.15) is 105 Å². The van der Waals surface area contributed by atoms with E-state index in [1.165, 1.54) is 12.5 Å². The van der Waals surface area contributed by atoms with E-state index >= 15 is 0 Å². The molecule has 76 heavy (non-hydrogen) atoms. The minimum Gasteiger partial charge on any atom is -0.370 e. The van der Waals surface area contributed by atoms with E-state index in [1.807, 2.05) is 19.9 Å². The van der Waals surface area contributed by atoms with Crippen molar-refractivity contribution in [3.8, 4) is 0 Å². The Morgan fingerprint density at radius 1 is 0.605 bits per heavy atom. The molecule has 0 bridgehead atoms. The zero-order chi connectivity index (χ0) is 56.8. The van der Waals surface area contributed by atoms with E-state index in [-0.39, 0.29) is 44.1 Å². The standard InChI is InChI=1S/C50H78N16O10/c1-8-26(5)40(66-49(76)41(27(6)9-2)65-47(74)37(21-39(52)68)63-44(71)33(15-12-16-57-50(54)55)60-43(70)28(7)17-25(3)4)48(75)64-36(19-30-23-56-24-59-30)46(73)62-35(45(72)61-34(42(53)69)20-38(51)67)18-29-22-58-32-14-11-10-13-31(29)32/h10-11,13-14,22-28,33-37,40-41,58H,8-9,12,15-21H2,1-7H3,(H2,51,67)(H2,52,68)(H2,53,69)(H,56,59)(H,60,70)(H,61,72)(H,62,73)(H,63,71)(H,64,75)(H,65,74)(H,66,76)(H4,54,55,57)/t26-,27-,28-,33-,34-,35-,36-,37-,40-,41-/m1/s1. The van der Waals surface area contributed by atoms with Gasteiger partial charge in [-0.05, 0) is 48.6 Å². The molecule has 0 saturated heterocycles. The first-order valence-electron chi connectivity index (χ1n) is 25.4. The molecule has 0 aliphatic carbocycles. The molecule has 0 spiro atoms. The van der Waals surface area contributed by atoms with Crippen molar-refractivity contribution in [2.24, 2.45) is 46.6 Å². The van der Waals surface area contributed by atoms with Gasteiger partial charge >= 0.3 is 0 Å². The van der Waals surface area contributed by atoms with Crippen molar-refractivity contribution in [2.75, 3.05) is 6.54 Å². The number of para-hydroxylation sites is 1. The quantitative estimate of drug-likeness (QED) is 0.0185. The van der Waals surface area contributed by atoms with Crippen LogP contribution in [0.5, 0.6) is 0 Å². The Bertz CT molecular complexity index is 2500. The van der Waals surface area contributed by atoms with Gasteiger partial charge in [-0.15, -0.1) is 0 Å². The number of aromatic amines is 2. The number of rotatable bonds is 33. The molecular weight excluding hydrogens is 985 g/mol. The molecule has 2 aromatic heterocycles. The lowest BCUT2D eigenvalue weighted by atomic mass is 9.94. The molecule has 418 valence electrons. The van der Waals surface area contributed by atoms with Gasteiger partial charge in [0.2, 0.25) is 59.1 Å². The Morgan fingerprint density at radius 2 is 1.11 bits per heavy atom. The zero-order valence-electron chi connectivity index (χ0n) is 44.3. The summed E-state index contributed by atoms with van der Waals surface area (Å²) in [4.78, 5) is 145. The van der Waals surface area contributed by atoms with Gasteiger partial charge in [0.1, 0.15) is 42.3 Å². The fourth-order valence-electron chi connectivity index (χ4n) is 8.29. The maximum atomic E-state index is 14.5. The van der Waals surface area contributed by atoms with Crippen LogP contribution in [0.3, 0.4) is 0 Å². The van der Waals surface area contributed by atoms with Gasteiger partial charge in [-0.25, -0.2) is 4.98 Å². The summed E-state index contributed by atoms with van der Waals surface area (Å²) >= 11 is 0. The number of amides is 10. The summed E-state index contributed by atoms with van der Waals surface area (Å²) in [6.45, 7) is 12.7. The van der Waals surface area contributed by atoms with Gasteiger partial charge in [0.25, 0.3) is 0 Å². The van der Waals surface area contributed by atoms with E-state index in [1.54, 1.807) is 59.0 Å². The molecule has 19 N–H and O–H groups in total. The van der Waals surface area contributed by atoms with Crippen LogP contribution in [0.2, 0.25) is 0 Å². The molecule has 3 rings (SSSR count).